The molecule has 0 radical (unpaired) electrons. The van der Waals surface area contributed by atoms with E-state index < -0.39 is 17.8 Å². The summed E-state index contributed by atoms with van der Waals surface area (Å²) in [6.45, 7) is 0. The second kappa shape index (κ2) is 4.81. The second-order valence-corrected chi connectivity index (χ2v) is 5.11. The zero-order valence-electron chi connectivity index (χ0n) is 11.8. The number of imide groups is 1. The van der Waals surface area contributed by atoms with E-state index in [9.17, 15) is 14.4 Å². The molecule has 0 fully saturated rings. The number of carbonyl (C=O) groups excluding carboxylic acids is 3. The lowest BCUT2D eigenvalue weighted by molar-refractivity contribution is -0.0584. The fourth-order valence-corrected chi connectivity index (χ4v) is 2.57. The minimum atomic E-state index is -0.761. The van der Waals surface area contributed by atoms with Crippen LogP contribution in [0, 0.1) is 0 Å². The molecule has 1 aliphatic rings. The van der Waals surface area contributed by atoms with Crippen LogP contribution in [0.3, 0.4) is 0 Å². The van der Waals surface area contributed by atoms with Gasteiger partial charge in [0.15, 0.2) is 0 Å². The summed E-state index contributed by atoms with van der Waals surface area (Å²) < 4.78 is 0. The van der Waals surface area contributed by atoms with Crippen LogP contribution in [0.4, 0.5) is 0 Å². The van der Waals surface area contributed by atoms with Crippen molar-refractivity contribution >= 4 is 28.7 Å². The molecule has 2 amide bonds. The summed E-state index contributed by atoms with van der Waals surface area (Å²) in [5.41, 5.74) is 1.59. The van der Waals surface area contributed by atoms with Crippen LogP contribution in [0.5, 0.6) is 0 Å². The third-order valence-electron chi connectivity index (χ3n) is 3.72. The first-order valence-electron chi connectivity index (χ1n) is 6.92. The van der Waals surface area contributed by atoms with Gasteiger partial charge in [0.1, 0.15) is 0 Å². The largest absolute Gasteiger partial charge is 0.363 e. The molecule has 4 rings (SSSR count). The second-order valence-electron chi connectivity index (χ2n) is 5.11. The monoisotopic (exact) mass is 306 g/mol. The zero-order valence-corrected chi connectivity index (χ0v) is 11.8. The molecule has 6 nitrogen and oxygen atoms in total. The fraction of sp³-hybridized carbons (Fsp3) is 0. The van der Waals surface area contributed by atoms with Crippen molar-refractivity contribution in [3.63, 3.8) is 0 Å². The zero-order chi connectivity index (χ0) is 16.0. The lowest BCUT2D eigenvalue weighted by Gasteiger charge is -2.12. The van der Waals surface area contributed by atoms with E-state index in [0.717, 1.165) is 10.9 Å². The highest BCUT2D eigenvalue weighted by Gasteiger charge is 2.38. The molecule has 1 N–H and O–H groups in total. The molecule has 2 aromatic carbocycles. The van der Waals surface area contributed by atoms with Crippen molar-refractivity contribution in [3.8, 4) is 0 Å². The Morgan fingerprint density at radius 1 is 0.957 bits per heavy atom. The van der Waals surface area contributed by atoms with E-state index in [4.69, 9.17) is 4.84 Å². The molecule has 0 atom stereocenters. The van der Waals surface area contributed by atoms with Crippen LogP contribution >= 0.6 is 0 Å². The maximum absolute atomic E-state index is 12.2. The summed E-state index contributed by atoms with van der Waals surface area (Å²) in [6.07, 6.45) is 1.75. The molecular weight excluding hydrogens is 296 g/mol. The number of hydrogen-bond donors (Lipinski definition) is 1. The molecule has 0 unspecified atom stereocenters. The van der Waals surface area contributed by atoms with Gasteiger partial charge < -0.3 is 9.82 Å². The topological polar surface area (TPSA) is 79.5 Å². The Kier molecular flexibility index (Phi) is 2.77. The summed E-state index contributed by atoms with van der Waals surface area (Å²) >= 11 is 0. The van der Waals surface area contributed by atoms with Crippen LogP contribution in [0.1, 0.15) is 31.1 Å². The molecule has 0 saturated heterocycles. The number of hydrogen-bond acceptors (Lipinski definition) is 4. The maximum Gasteiger partial charge on any atom is 0.363 e. The van der Waals surface area contributed by atoms with Gasteiger partial charge in [-0.15, -0.1) is 0 Å². The Balaban J connectivity index is 1.62. The SMILES string of the molecule is O=C(ON1C(=O)c2ccccc2C1=O)c1ccc2[nH]ccc2c1. The van der Waals surface area contributed by atoms with E-state index in [0.29, 0.717) is 5.06 Å². The predicted molar refractivity (Wildman–Crippen MR) is 80.7 cm³/mol. The quantitative estimate of drug-likeness (QED) is 0.738. The Hall–Kier alpha value is -3.41. The lowest BCUT2D eigenvalue weighted by atomic mass is 10.1. The van der Waals surface area contributed by atoms with Crippen molar-refractivity contribution < 1.29 is 19.2 Å². The fourth-order valence-electron chi connectivity index (χ4n) is 2.57. The molecule has 0 saturated carbocycles. The molecule has 1 aliphatic heterocycles. The van der Waals surface area contributed by atoms with Gasteiger partial charge in [0.2, 0.25) is 0 Å². The molecule has 0 spiro atoms. The van der Waals surface area contributed by atoms with Gasteiger partial charge in [-0.2, -0.15) is 0 Å². The number of hydroxylamine groups is 2. The van der Waals surface area contributed by atoms with Crippen molar-refractivity contribution in [3.05, 3.63) is 71.4 Å². The Labute approximate surface area is 130 Å². The normalized spacial score (nSPS) is 13.5. The number of fused-ring (bicyclic) bond motifs is 2. The van der Waals surface area contributed by atoms with Gasteiger partial charge in [-0.05, 0) is 36.4 Å². The third kappa shape index (κ3) is 2.00. The number of benzene rings is 2. The molecule has 3 aromatic rings. The van der Waals surface area contributed by atoms with Crippen LogP contribution < -0.4 is 0 Å². The Morgan fingerprint density at radius 3 is 2.35 bits per heavy atom. The number of aromatic nitrogens is 1. The average Bonchev–Trinajstić information content (AvgIpc) is 3.13. The van der Waals surface area contributed by atoms with Crippen molar-refractivity contribution in [1.82, 2.24) is 10.0 Å². The number of carbonyl (C=O) groups is 3. The van der Waals surface area contributed by atoms with E-state index in [1.54, 1.807) is 36.5 Å². The van der Waals surface area contributed by atoms with Gasteiger partial charge in [-0.3, -0.25) is 9.59 Å². The minimum absolute atomic E-state index is 0.228. The highest BCUT2D eigenvalue weighted by atomic mass is 16.7. The molecule has 2 heterocycles. The number of nitrogens with one attached hydrogen (secondary N) is 1. The smallest absolute Gasteiger partial charge is 0.361 e. The summed E-state index contributed by atoms with van der Waals surface area (Å²) in [4.78, 5) is 44.6. The van der Waals surface area contributed by atoms with Crippen LogP contribution in [-0.2, 0) is 4.84 Å². The number of nitrogens with zero attached hydrogens (tertiary/aromatic N) is 1. The predicted octanol–water partition coefficient (Wildman–Crippen LogP) is 2.54. The first-order chi connectivity index (χ1) is 11.1. The highest BCUT2D eigenvalue weighted by molar-refractivity contribution is 6.21. The van der Waals surface area contributed by atoms with Crippen molar-refractivity contribution in [2.75, 3.05) is 0 Å². The number of rotatable bonds is 2. The molecule has 6 heteroatoms. The van der Waals surface area contributed by atoms with Gasteiger partial charge in [0, 0.05) is 17.1 Å². The Bertz CT molecular complexity index is 938. The van der Waals surface area contributed by atoms with Gasteiger partial charge >= 0.3 is 5.97 Å². The van der Waals surface area contributed by atoms with Crippen LogP contribution in [0.2, 0.25) is 0 Å². The first-order valence-corrected chi connectivity index (χ1v) is 6.92. The minimum Gasteiger partial charge on any atom is -0.361 e. The molecule has 0 bridgehead atoms. The maximum atomic E-state index is 12.2. The van der Waals surface area contributed by atoms with Crippen molar-refractivity contribution in [1.29, 1.82) is 0 Å². The standard InChI is InChI=1S/C17H10N2O4/c20-15-12-3-1-2-4-13(12)16(21)19(15)23-17(22)11-5-6-14-10(9-11)7-8-18-14/h1-9,18H. The first kappa shape index (κ1) is 13.3. The van der Waals surface area contributed by atoms with Crippen molar-refractivity contribution in [2.45, 2.75) is 0 Å². The number of aromatic amines is 1. The van der Waals surface area contributed by atoms with Gasteiger partial charge in [-0.1, -0.05) is 17.2 Å². The van der Waals surface area contributed by atoms with Crippen LogP contribution in [-0.4, -0.2) is 27.8 Å². The van der Waals surface area contributed by atoms with E-state index in [1.165, 1.54) is 12.1 Å². The van der Waals surface area contributed by atoms with Gasteiger partial charge in [-0.25, -0.2) is 4.79 Å². The number of amides is 2. The summed E-state index contributed by atoms with van der Waals surface area (Å²) in [7, 11) is 0. The molecule has 112 valence electrons. The molecule has 1 aromatic heterocycles. The summed E-state index contributed by atoms with van der Waals surface area (Å²) in [6, 6.07) is 13.1. The summed E-state index contributed by atoms with van der Waals surface area (Å²) in [5.74, 6) is -2.04. The van der Waals surface area contributed by atoms with E-state index in [-0.39, 0.29) is 16.7 Å². The van der Waals surface area contributed by atoms with Gasteiger partial charge in [0.25, 0.3) is 11.8 Å². The van der Waals surface area contributed by atoms with E-state index in [1.807, 2.05) is 6.07 Å². The summed E-state index contributed by atoms with van der Waals surface area (Å²) in [5, 5.41) is 1.34. The average molecular weight is 306 g/mol. The van der Waals surface area contributed by atoms with E-state index in [2.05, 4.69) is 4.98 Å². The third-order valence-corrected chi connectivity index (χ3v) is 3.72. The van der Waals surface area contributed by atoms with Crippen molar-refractivity contribution in [2.24, 2.45) is 0 Å². The van der Waals surface area contributed by atoms with Crippen LogP contribution in [0.25, 0.3) is 10.9 Å². The number of H-pyrrole nitrogens is 1. The van der Waals surface area contributed by atoms with Crippen LogP contribution in [0.15, 0.2) is 54.7 Å². The Morgan fingerprint density at radius 2 is 1.65 bits per heavy atom. The highest BCUT2D eigenvalue weighted by Crippen LogP contribution is 2.23. The molecule has 0 aliphatic carbocycles. The van der Waals surface area contributed by atoms with E-state index >= 15 is 0 Å². The molecule has 23 heavy (non-hydrogen) atoms. The molecular formula is C17H10N2O4. The lowest BCUT2D eigenvalue weighted by Crippen LogP contribution is -2.32. The van der Waals surface area contributed by atoms with Gasteiger partial charge in [0.05, 0.1) is 16.7 Å².